The second-order valence-electron chi connectivity index (χ2n) is 5.12. The Kier molecular flexibility index (Phi) is 3.36. The Morgan fingerprint density at radius 1 is 1.56 bits per heavy atom. The van der Waals surface area contributed by atoms with Crippen molar-refractivity contribution < 1.29 is 9.50 Å². The molecule has 1 aliphatic rings. The van der Waals surface area contributed by atoms with Crippen LogP contribution < -0.4 is 0 Å². The first-order chi connectivity index (χ1) is 7.48. The van der Waals surface area contributed by atoms with Gasteiger partial charge in [-0.15, -0.1) is 0 Å². The van der Waals surface area contributed by atoms with E-state index in [9.17, 15) is 9.50 Å². The topological polar surface area (TPSA) is 20.2 Å². The molecule has 0 aromatic heterocycles. The summed E-state index contributed by atoms with van der Waals surface area (Å²) < 4.78 is 14.5. The summed E-state index contributed by atoms with van der Waals surface area (Å²) >= 11 is 3.36. The van der Waals surface area contributed by atoms with Gasteiger partial charge in [0.05, 0.1) is 6.10 Å². The zero-order valence-corrected chi connectivity index (χ0v) is 10.9. The van der Waals surface area contributed by atoms with Crippen molar-refractivity contribution >= 4 is 15.9 Å². The standard InChI is InChI=1S/C13H16BrFO/c1-13(5-4-11(16)8-13)7-9-6-10(14)2-3-12(9)15/h2-3,6,11,16H,4-5,7-8H2,1H3. The molecule has 0 radical (unpaired) electrons. The molecule has 1 aliphatic carbocycles. The van der Waals surface area contributed by atoms with Gasteiger partial charge in [0, 0.05) is 4.47 Å². The Hall–Kier alpha value is -0.410. The van der Waals surface area contributed by atoms with Gasteiger partial charge in [-0.25, -0.2) is 4.39 Å². The second-order valence-corrected chi connectivity index (χ2v) is 6.04. The fourth-order valence-electron chi connectivity index (χ4n) is 2.59. The monoisotopic (exact) mass is 286 g/mol. The lowest BCUT2D eigenvalue weighted by Gasteiger charge is -2.24. The van der Waals surface area contributed by atoms with Crippen molar-refractivity contribution in [3.8, 4) is 0 Å². The van der Waals surface area contributed by atoms with E-state index in [1.54, 1.807) is 6.07 Å². The molecule has 16 heavy (non-hydrogen) atoms. The van der Waals surface area contributed by atoms with Crippen molar-refractivity contribution in [3.05, 3.63) is 34.1 Å². The van der Waals surface area contributed by atoms with Crippen molar-refractivity contribution in [2.45, 2.75) is 38.7 Å². The third-order valence-corrected chi connectivity index (χ3v) is 3.93. The molecule has 0 saturated heterocycles. The third-order valence-electron chi connectivity index (χ3n) is 3.43. The Bertz CT molecular complexity index is 394. The molecule has 3 heteroatoms. The van der Waals surface area contributed by atoms with Gasteiger partial charge in [0.2, 0.25) is 0 Å². The SMILES string of the molecule is CC1(Cc2cc(Br)ccc2F)CCC(O)C1. The van der Waals surface area contributed by atoms with E-state index in [1.165, 1.54) is 6.07 Å². The summed E-state index contributed by atoms with van der Waals surface area (Å²) in [4.78, 5) is 0. The van der Waals surface area contributed by atoms with Crippen LogP contribution >= 0.6 is 15.9 Å². The van der Waals surface area contributed by atoms with E-state index in [0.717, 1.165) is 29.3 Å². The smallest absolute Gasteiger partial charge is 0.126 e. The lowest BCUT2D eigenvalue weighted by Crippen LogP contribution is -2.17. The van der Waals surface area contributed by atoms with E-state index in [1.807, 2.05) is 6.07 Å². The predicted molar refractivity (Wildman–Crippen MR) is 65.8 cm³/mol. The Morgan fingerprint density at radius 2 is 2.31 bits per heavy atom. The average Bonchev–Trinajstić information content (AvgIpc) is 2.52. The molecular weight excluding hydrogens is 271 g/mol. The highest BCUT2D eigenvalue weighted by Crippen LogP contribution is 2.41. The van der Waals surface area contributed by atoms with Crippen LogP contribution in [0.2, 0.25) is 0 Å². The lowest BCUT2D eigenvalue weighted by atomic mass is 9.82. The molecule has 0 spiro atoms. The van der Waals surface area contributed by atoms with E-state index >= 15 is 0 Å². The number of hydrogen-bond donors (Lipinski definition) is 1. The molecule has 2 rings (SSSR count). The molecule has 1 aromatic rings. The minimum atomic E-state index is -0.208. The molecule has 1 aromatic carbocycles. The highest BCUT2D eigenvalue weighted by Gasteiger charge is 2.34. The molecule has 1 N–H and O–H groups in total. The number of halogens is 2. The largest absolute Gasteiger partial charge is 0.393 e. The van der Waals surface area contributed by atoms with Crippen LogP contribution in [0.5, 0.6) is 0 Å². The van der Waals surface area contributed by atoms with Crippen LogP contribution in [-0.2, 0) is 6.42 Å². The zero-order chi connectivity index (χ0) is 11.8. The number of hydrogen-bond acceptors (Lipinski definition) is 1. The third kappa shape index (κ3) is 2.64. The Balaban J connectivity index is 2.17. The summed E-state index contributed by atoms with van der Waals surface area (Å²) in [5.74, 6) is -0.147. The van der Waals surface area contributed by atoms with Gasteiger partial charge in [0.1, 0.15) is 5.82 Å². The van der Waals surface area contributed by atoms with Gasteiger partial charge >= 0.3 is 0 Å². The number of rotatable bonds is 2. The second kappa shape index (κ2) is 4.46. The maximum atomic E-state index is 13.6. The average molecular weight is 287 g/mol. The van der Waals surface area contributed by atoms with Crippen LogP contribution in [0.3, 0.4) is 0 Å². The first kappa shape index (κ1) is 12.1. The minimum Gasteiger partial charge on any atom is -0.393 e. The highest BCUT2D eigenvalue weighted by molar-refractivity contribution is 9.10. The Morgan fingerprint density at radius 3 is 2.94 bits per heavy atom. The van der Waals surface area contributed by atoms with Crippen LogP contribution in [-0.4, -0.2) is 11.2 Å². The summed E-state index contributed by atoms with van der Waals surface area (Å²) in [5, 5.41) is 9.56. The molecule has 0 bridgehead atoms. The molecule has 2 atom stereocenters. The molecule has 0 aliphatic heterocycles. The van der Waals surface area contributed by atoms with Crippen LogP contribution in [0.25, 0.3) is 0 Å². The van der Waals surface area contributed by atoms with Gasteiger partial charge in [0.15, 0.2) is 0 Å². The summed E-state index contributed by atoms with van der Waals surface area (Å²) in [6.45, 7) is 2.13. The molecule has 88 valence electrons. The summed E-state index contributed by atoms with van der Waals surface area (Å²) in [6, 6.07) is 5.05. The molecule has 1 fully saturated rings. The molecule has 0 amide bonds. The first-order valence-electron chi connectivity index (χ1n) is 5.60. The molecule has 0 heterocycles. The van der Waals surface area contributed by atoms with Crippen LogP contribution in [0.15, 0.2) is 22.7 Å². The van der Waals surface area contributed by atoms with E-state index in [2.05, 4.69) is 22.9 Å². The molecule has 2 unspecified atom stereocenters. The Labute approximate surface area is 104 Å². The van der Waals surface area contributed by atoms with Crippen molar-refractivity contribution in [2.75, 3.05) is 0 Å². The fourth-order valence-corrected chi connectivity index (χ4v) is 3.00. The maximum Gasteiger partial charge on any atom is 0.126 e. The number of benzene rings is 1. The van der Waals surface area contributed by atoms with E-state index in [0.29, 0.717) is 6.42 Å². The van der Waals surface area contributed by atoms with Crippen molar-refractivity contribution in [1.29, 1.82) is 0 Å². The van der Waals surface area contributed by atoms with Crippen LogP contribution in [0.4, 0.5) is 4.39 Å². The first-order valence-corrected chi connectivity index (χ1v) is 6.40. The van der Waals surface area contributed by atoms with Gasteiger partial charge in [-0.1, -0.05) is 22.9 Å². The van der Waals surface area contributed by atoms with Crippen molar-refractivity contribution in [2.24, 2.45) is 5.41 Å². The number of aliphatic hydroxyl groups is 1. The summed E-state index contributed by atoms with van der Waals surface area (Å²) in [6.07, 6.45) is 3.08. The van der Waals surface area contributed by atoms with Crippen LogP contribution in [0.1, 0.15) is 31.7 Å². The van der Waals surface area contributed by atoms with Gasteiger partial charge < -0.3 is 5.11 Å². The molecular formula is C13H16BrFO. The quantitative estimate of drug-likeness (QED) is 0.879. The van der Waals surface area contributed by atoms with Gasteiger partial charge in [0.25, 0.3) is 0 Å². The fraction of sp³-hybridized carbons (Fsp3) is 0.538. The highest BCUT2D eigenvalue weighted by atomic mass is 79.9. The van der Waals surface area contributed by atoms with E-state index < -0.39 is 0 Å². The van der Waals surface area contributed by atoms with E-state index in [4.69, 9.17) is 0 Å². The van der Waals surface area contributed by atoms with Gasteiger partial charge in [-0.3, -0.25) is 0 Å². The lowest BCUT2D eigenvalue weighted by molar-refractivity contribution is 0.163. The zero-order valence-electron chi connectivity index (χ0n) is 9.34. The molecule has 1 nitrogen and oxygen atoms in total. The summed E-state index contributed by atoms with van der Waals surface area (Å²) in [7, 11) is 0. The van der Waals surface area contributed by atoms with Gasteiger partial charge in [-0.05, 0) is 54.9 Å². The predicted octanol–water partition coefficient (Wildman–Crippen LogP) is 3.68. The number of aliphatic hydroxyl groups excluding tert-OH is 1. The van der Waals surface area contributed by atoms with Crippen LogP contribution in [0, 0.1) is 11.2 Å². The van der Waals surface area contributed by atoms with Crippen molar-refractivity contribution in [1.82, 2.24) is 0 Å². The van der Waals surface area contributed by atoms with Gasteiger partial charge in [-0.2, -0.15) is 0 Å². The van der Waals surface area contributed by atoms with E-state index in [-0.39, 0.29) is 17.3 Å². The normalized spacial score (nSPS) is 29.6. The maximum absolute atomic E-state index is 13.6. The molecule has 1 saturated carbocycles. The van der Waals surface area contributed by atoms with Crippen molar-refractivity contribution in [3.63, 3.8) is 0 Å². The minimum absolute atomic E-state index is 0.0427. The summed E-state index contributed by atoms with van der Waals surface area (Å²) in [5.41, 5.74) is 0.784.